The number of rotatable bonds is 6. The second-order valence-corrected chi connectivity index (χ2v) is 7.76. The summed E-state index contributed by atoms with van der Waals surface area (Å²) in [5, 5.41) is 3.89. The van der Waals surface area contributed by atoms with E-state index in [2.05, 4.69) is 15.3 Å². The summed E-state index contributed by atoms with van der Waals surface area (Å²) in [5.74, 6) is 0.0254. The molecule has 1 amide bonds. The Morgan fingerprint density at radius 2 is 1.87 bits per heavy atom. The van der Waals surface area contributed by atoms with Crippen LogP contribution in [0.3, 0.4) is 0 Å². The number of hydrogen-bond donors (Lipinski definition) is 1. The zero-order valence-electron chi connectivity index (χ0n) is 16.4. The summed E-state index contributed by atoms with van der Waals surface area (Å²) in [4.78, 5) is 34.2. The monoisotopic (exact) mass is 416 g/mol. The summed E-state index contributed by atoms with van der Waals surface area (Å²) in [5.41, 5.74) is 3.25. The summed E-state index contributed by atoms with van der Waals surface area (Å²) in [6.07, 6.45) is 3.26. The Balaban J connectivity index is 1.56. The van der Waals surface area contributed by atoms with Crippen molar-refractivity contribution in [3.05, 3.63) is 94.5 Å². The predicted molar refractivity (Wildman–Crippen MR) is 119 cm³/mol. The topological polar surface area (TPSA) is 76.9 Å². The van der Waals surface area contributed by atoms with E-state index >= 15 is 0 Å². The molecule has 1 N–H and O–H groups in total. The number of carbonyl (C=O) groups excluding carboxylic acids is 1. The minimum Gasteiger partial charge on any atom is -0.351 e. The fourth-order valence-electron chi connectivity index (χ4n) is 3.01. The first-order valence-corrected chi connectivity index (χ1v) is 10.5. The molecule has 0 unspecified atom stereocenters. The van der Waals surface area contributed by atoms with Crippen LogP contribution in [-0.2, 0) is 11.3 Å². The van der Waals surface area contributed by atoms with Gasteiger partial charge in [0, 0.05) is 12.7 Å². The smallest absolute Gasteiger partial charge is 0.266 e. The summed E-state index contributed by atoms with van der Waals surface area (Å²) >= 11 is 1.23. The molecule has 0 aliphatic rings. The van der Waals surface area contributed by atoms with Gasteiger partial charge >= 0.3 is 0 Å². The molecule has 0 atom stereocenters. The molecule has 2 aromatic heterocycles. The van der Waals surface area contributed by atoms with Gasteiger partial charge in [-0.05, 0) is 36.8 Å². The van der Waals surface area contributed by atoms with Crippen LogP contribution in [0.25, 0.3) is 16.6 Å². The summed E-state index contributed by atoms with van der Waals surface area (Å²) in [7, 11) is 0. The number of nitrogens with zero attached hydrogens (tertiary/aromatic N) is 3. The fraction of sp³-hybridized carbons (Fsp3) is 0.130. The number of carbonyl (C=O) groups is 1. The highest BCUT2D eigenvalue weighted by atomic mass is 32.2. The van der Waals surface area contributed by atoms with Crippen LogP contribution in [0.4, 0.5) is 0 Å². The lowest BCUT2D eigenvalue weighted by Crippen LogP contribution is -2.26. The number of benzene rings is 2. The zero-order chi connectivity index (χ0) is 20.9. The predicted octanol–water partition coefficient (Wildman–Crippen LogP) is 3.50. The van der Waals surface area contributed by atoms with Crippen LogP contribution < -0.4 is 10.9 Å². The SMILES string of the molecule is Cc1ccc(CNC(=O)CSc2nc3ccccc3c(=O)n2-c2cccnc2)cc1. The Morgan fingerprint density at radius 3 is 2.63 bits per heavy atom. The molecule has 0 radical (unpaired) electrons. The van der Waals surface area contributed by atoms with Crippen LogP contribution in [0.5, 0.6) is 0 Å². The third kappa shape index (κ3) is 4.41. The van der Waals surface area contributed by atoms with Crippen molar-refractivity contribution in [1.29, 1.82) is 0 Å². The highest BCUT2D eigenvalue weighted by Crippen LogP contribution is 2.20. The maximum Gasteiger partial charge on any atom is 0.266 e. The number of thioether (sulfide) groups is 1. The van der Waals surface area contributed by atoms with Gasteiger partial charge in [-0.3, -0.25) is 19.1 Å². The number of hydrogen-bond acceptors (Lipinski definition) is 5. The maximum atomic E-state index is 13.1. The van der Waals surface area contributed by atoms with Crippen molar-refractivity contribution < 1.29 is 4.79 Å². The van der Waals surface area contributed by atoms with Gasteiger partial charge in [0.05, 0.1) is 28.5 Å². The minimum absolute atomic E-state index is 0.124. The number of fused-ring (bicyclic) bond motifs is 1. The highest BCUT2D eigenvalue weighted by molar-refractivity contribution is 7.99. The van der Waals surface area contributed by atoms with Crippen LogP contribution in [0.15, 0.2) is 83.0 Å². The maximum absolute atomic E-state index is 13.1. The van der Waals surface area contributed by atoms with Gasteiger partial charge in [-0.15, -0.1) is 0 Å². The van der Waals surface area contributed by atoms with Crippen molar-refractivity contribution >= 4 is 28.6 Å². The molecule has 4 aromatic rings. The van der Waals surface area contributed by atoms with Crippen molar-refractivity contribution in [2.75, 3.05) is 5.75 Å². The van der Waals surface area contributed by atoms with E-state index in [4.69, 9.17) is 0 Å². The quantitative estimate of drug-likeness (QED) is 0.385. The van der Waals surface area contributed by atoms with E-state index in [0.29, 0.717) is 28.3 Å². The van der Waals surface area contributed by atoms with Gasteiger partial charge in [0.1, 0.15) is 0 Å². The van der Waals surface area contributed by atoms with Crippen molar-refractivity contribution in [2.24, 2.45) is 0 Å². The van der Waals surface area contributed by atoms with Gasteiger partial charge < -0.3 is 5.32 Å². The molecule has 4 rings (SSSR count). The molecule has 0 bridgehead atoms. The van der Waals surface area contributed by atoms with Gasteiger partial charge in [0.2, 0.25) is 5.91 Å². The average Bonchev–Trinajstić information content (AvgIpc) is 2.78. The third-order valence-electron chi connectivity index (χ3n) is 4.59. The Hall–Kier alpha value is -3.45. The first-order valence-electron chi connectivity index (χ1n) is 9.49. The number of nitrogens with one attached hydrogen (secondary N) is 1. The van der Waals surface area contributed by atoms with Crippen molar-refractivity contribution in [2.45, 2.75) is 18.6 Å². The molecule has 0 fully saturated rings. The lowest BCUT2D eigenvalue weighted by atomic mass is 10.1. The molecule has 7 heteroatoms. The molecule has 0 spiro atoms. The molecule has 0 aliphatic heterocycles. The molecule has 0 saturated heterocycles. The molecular weight excluding hydrogens is 396 g/mol. The largest absolute Gasteiger partial charge is 0.351 e. The van der Waals surface area contributed by atoms with Crippen LogP contribution in [0.2, 0.25) is 0 Å². The summed E-state index contributed by atoms with van der Waals surface area (Å²) in [6.45, 7) is 2.48. The van der Waals surface area contributed by atoms with E-state index in [-0.39, 0.29) is 17.2 Å². The van der Waals surface area contributed by atoms with Gasteiger partial charge in [0.15, 0.2) is 5.16 Å². The van der Waals surface area contributed by atoms with Gasteiger partial charge in [-0.1, -0.05) is 53.7 Å². The van der Waals surface area contributed by atoms with E-state index in [9.17, 15) is 9.59 Å². The van der Waals surface area contributed by atoms with Gasteiger partial charge in [-0.25, -0.2) is 4.98 Å². The van der Waals surface area contributed by atoms with E-state index in [0.717, 1.165) is 5.56 Å². The average molecular weight is 417 g/mol. The lowest BCUT2D eigenvalue weighted by Gasteiger charge is -2.13. The standard InChI is InChI=1S/C23H20N4O2S/c1-16-8-10-17(11-9-16)13-25-21(28)15-30-23-26-20-7-3-2-6-19(20)22(29)27(23)18-5-4-12-24-14-18/h2-12,14H,13,15H2,1H3,(H,25,28). The lowest BCUT2D eigenvalue weighted by molar-refractivity contribution is -0.118. The Labute approximate surface area is 178 Å². The van der Waals surface area contributed by atoms with Crippen molar-refractivity contribution in [3.63, 3.8) is 0 Å². The van der Waals surface area contributed by atoms with E-state index in [1.54, 1.807) is 36.7 Å². The number of pyridine rings is 1. The Kier molecular flexibility index (Phi) is 5.90. The number of aryl methyl sites for hydroxylation is 1. The van der Waals surface area contributed by atoms with E-state index in [1.165, 1.54) is 21.9 Å². The summed E-state index contributed by atoms with van der Waals surface area (Å²) < 4.78 is 1.51. The first kappa shape index (κ1) is 19.8. The van der Waals surface area contributed by atoms with E-state index < -0.39 is 0 Å². The normalized spacial score (nSPS) is 10.8. The second-order valence-electron chi connectivity index (χ2n) is 6.81. The molecule has 2 aromatic carbocycles. The van der Waals surface area contributed by atoms with Gasteiger partial charge in [-0.2, -0.15) is 0 Å². The van der Waals surface area contributed by atoms with Crippen molar-refractivity contribution in [1.82, 2.24) is 19.9 Å². The van der Waals surface area contributed by atoms with Crippen molar-refractivity contribution in [3.8, 4) is 5.69 Å². The van der Waals surface area contributed by atoms with Crippen LogP contribution in [0.1, 0.15) is 11.1 Å². The number of para-hydroxylation sites is 1. The second kappa shape index (κ2) is 8.92. The Bertz CT molecular complexity index is 1240. The third-order valence-corrected chi connectivity index (χ3v) is 5.53. The number of amides is 1. The zero-order valence-corrected chi connectivity index (χ0v) is 17.2. The fourth-order valence-corrected chi connectivity index (χ4v) is 3.85. The molecule has 6 nitrogen and oxygen atoms in total. The van der Waals surface area contributed by atoms with Gasteiger partial charge in [0.25, 0.3) is 5.56 Å². The van der Waals surface area contributed by atoms with E-state index in [1.807, 2.05) is 43.3 Å². The highest BCUT2D eigenvalue weighted by Gasteiger charge is 2.14. The minimum atomic E-state index is -0.184. The molecule has 30 heavy (non-hydrogen) atoms. The van der Waals surface area contributed by atoms with Crippen LogP contribution >= 0.6 is 11.8 Å². The van der Waals surface area contributed by atoms with Crippen LogP contribution in [0, 0.1) is 6.92 Å². The van der Waals surface area contributed by atoms with Crippen LogP contribution in [-0.4, -0.2) is 26.2 Å². The number of aromatic nitrogens is 3. The molecular formula is C23H20N4O2S. The first-order chi connectivity index (χ1) is 14.6. The Morgan fingerprint density at radius 1 is 1.07 bits per heavy atom. The molecule has 2 heterocycles. The summed E-state index contributed by atoms with van der Waals surface area (Å²) in [6, 6.07) is 18.8. The molecule has 0 saturated carbocycles. The molecule has 0 aliphatic carbocycles. The molecule has 150 valence electrons.